The van der Waals surface area contributed by atoms with Crippen LogP contribution in [0.4, 0.5) is 5.69 Å². The maximum Gasteiger partial charge on any atom is 0.251 e. The Morgan fingerprint density at radius 1 is 0.963 bits per heavy atom. The van der Waals surface area contributed by atoms with Gasteiger partial charge in [-0.2, -0.15) is 0 Å². The first-order valence-electron chi connectivity index (χ1n) is 8.78. The third-order valence-electron chi connectivity index (χ3n) is 4.62. The number of benzene rings is 2. The normalized spacial score (nSPS) is 10.8. The van der Waals surface area contributed by atoms with Gasteiger partial charge in [0.2, 0.25) is 5.91 Å². The number of aryl methyl sites for hydroxylation is 3. The van der Waals surface area contributed by atoms with Gasteiger partial charge in [-0.25, -0.2) is 0 Å². The topological polar surface area (TPSA) is 68.2 Å². The second kappa shape index (κ2) is 7.19. The van der Waals surface area contributed by atoms with Crippen LogP contribution in [0.3, 0.4) is 0 Å². The van der Waals surface area contributed by atoms with E-state index in [9.17, 15) is 14.4 Å². The molecule has 3 aromatic rings. The number of pyridine rings is 1. The van der Waals surface area contributed by atoms with Crippen LogP contribution in [0.1, 0.15) is 34.0 Å². The van der Waals surface area contributed by atoms with Crippen molar-refractivity contribution in [2.24, 2.45) is 0 Å². The van der Waals surface area contributed by atoms with E-state index in [1.54, 1.807) is 30.3 Å². The Morgan fingerprint density at radius 3 is 2.26 bits per heavy atom. The molecule has 1 amide bonds. The number of nitrogens with zero attached hydrogens (tertiary/aromatic N) is 1. The summed E-state index contributed by atoms with van der Waals surface area (Å²) < 4.78 is 1.51. The molecule has 1 N–H and O–H groups in total. The quantitative estimate of drug-likeness (QED) is 0.719. The van der Waals surface area contributed by atoms with Crippen molar-refractivity contribution in [1.29, 1.82) is 0 Å². The molecule has 1 heterocycles. The Morgan fingerprint density at radius 2 is 1.63 bits per heavy atom. The number of ketones is 1. The molecular formula is C22H22N2O3. The summed E-state index contributed by atoms with van der Waals surface area (Å²) in [5, 5.41) is 3.76. The Labute approximate surface area is 157 Å². The summed E-state index contributed by atoms with van der Waals surface area (Å²) in [4.78, 5) is 36.4. The van der Waals surface area contributed by atoms with Crippen LogP contribution in [-0.2, 0) is 11.3 Å². The van der Waals surface area contributed by atoms with Crippen molar-refractivity contribution < 1.29 is 9.59 Å². The molecule has 0 aliphatic heterocycles. The number of fused-ring (bicyclic) bond motifs is 1. The summed E-state index contributed by atoms with van der Waals surface area (Å²) >= 11 is 0. The van der Waals surface area contributed by atoms with Crippen LogP contribution in [0, 0.1) is 20.8 Å². The molecule has 0 saturated carbocycles. The first-order valence-corrected chi connectivity index (χ1v) is 8.78. The third kappa shape index (κ3) is 3.82. The number of amides is 1. The summed E-state index contributed by atoms with van der Waals surface area (Å²) in [5.74, 6) is -0.325. The molecule has 0 aliphatic rings. The van der Waals surface area contributed by atoms with Gasteiger partial charge in [0.25, 0.3) is 5.56 Å². The van der Waals surface area contributed by atoms with Gasteiger partial charge < -0.3 is 5.32 Å². The highest BCUT2D eigenvalue weighted by atomic mass is 16.2. The number of carbonyl (C=O) groups is 2. The van der Waals surface area contributed by atoms with Crippen molar-refractivity contribution in [3.63, 3.8) is 0 Å². The van der Waals surface area contributed by atoms with Gasteiger partial charge in [-0.05, 0) is 69.2 Å². The maximum atomic E-state index is 12.5. The highest BCUT2D eigenvalue weighted by molar-refractivity contribution is 5.96. The molecular weight excluding hydrogens is 340 g/mol. The Bertz CT molecular complexity index is 1110. The monoisotopic (exact) mass is 362 g/mol. The number of hydrogen-bond acceptors (Lipinski definition) is 3. The molecule has 27 heavy (non-hydrogen) atoms. The first kappa shape index (κ1) is 18.6. The van der Waals surface area contributed by atoms with Crippen molar-refractivity contribution in [2.45, 2.75) is 34.2 Å². The minimum absolute atomic E-state index is 0.0312. The molecule has 0 bridgehead atoms. The summed E-state index contributed by atoms with van der Waals surface area (Å²) in [7, 11) is 0. The van der Waals surface area contributed by atoms with Crippen LogP contribution in [-0.4, -0.2) is 16.3 Å². The molecule has 5 heteroatoms. The Balaban J connectivity index is 1.93. The third-order valence-corrected chi connectivity index (χ3v) is 4.62. The molecule has 0 radical (unpaired) electrons. The van der Waals surface area contributed by atoms with Gasteiger partial charge in [0.1, 0.15) is 6.54 Å². The molecule has 138 valence electrons. The van der Waals surface area contributed by atoms with Crippen LogP contribution in [0.15, 0.2) is 47.3 Å². The highest BCUT2D eigenvalue weighted by Crippen LogP contribution is 2.22. The number of hydrogen-bond donors (Lipinski definition) is 1. The van der Waals surface area contributed by atoms with Gasteiger partial charge in [0.05, 0.1) is 5.52 Å². The fourth-order valence-electron chi connectivity index (χ4n) is 3.36. The summed E-state index contributed by atoms with van der Waals surface area (Å²) in [6, 6.07) is 12.3. The largest absolute Gasteiger partial charge is 0.325 e. The summed E-state index contributed by atoms with van der Waals surface area (Å²) in [6.07, 6.45) is 0. The number of carbonyl (C=O) groups excluding carboxylic acids is 2. The van der Waals surface area contributed by atoms with E-state index in [1.807, 2.05) is 32.9 Å². The standard InChI is InChI=1S/C22H22N2O3/c1-13-9-15(3)22-19(10-13)14(2)11-21(27)24(22)12-20(26)23-18-7-5-17(6-8-18)16(4)25/h5-11H,12H2,1-4H3,(H,23,26). The number of rotatable bonds is 4. The van der Waals surface area contributed by atoms with Crippen molar-refractivity contribution in [3.05, 3.63) is 75.1 Å². The van der Waals surface area contributed by atoms with Gasteiger partial charge in [0.15, 0.2) is 5.78 Å². The van der Waals surface area contributed by atoms with E-state index < -0.39 is 0 Å². The SMILES string of the molecule is CC(=O)c1ccc(NC(=O)Cn2c(=O)cc(C)c3cc(C)cc(C)c32)cc1. The summed E-state index contributed by atoms with van der Waals surface area (Å²) in [6.45, 7) is 7.28. The van der Waals surface area contributed by atoms with Crippen LogP contribution in [0.2, 0.25) is 0 Å². The molecule has 2 aromatic carbocycles. The highest BCUT2D eigenvalue weighted by Gasteiger charge is 2.13. The number of Topliss-reactive ketones (excluding diaryl/α,β-unsaturated/α-hetero) is 1. The van der Waals surface area contributed by atoms with Crippen LogP contribution >= 0.6 is 0 Å². The van der Waals surface area contributed by atoms with Gasteiger partial charge in [0, 0.05) is 22.7 Å². The smallest absolute Gasteiger partial charge is 0.251 e. The fourth-order valence-corrected chi connectivity index (χ4v) is 3.36. The molecule has 0 aliphatic carbocycles. The molecule has 3 rings (SSSR count). The van der Waals surface area contributed by atoms with Crippen molar-refractivity contribution >= 4 is 28.3 Å². The maximum absolute atomic E-state index is 12.5. The second-order valence-corrected chi connectivity index (χ2v) is 6.91. The fraction of sp³-hybridized carbons (Fsp3) is 0.227. The minimum atomic E-state index is -0.294. The van der Waals surface area contributed by atoms with Crippen molar-refractivity contribution in [2.75, 3.05) is 5.32 Å². The van der Waals surface area contributed by atoms with E-state index in [1.165, 1.54) is 11.5 Å². The summed E-state index contributed by atoms with van der Waals surface area (Å²) in [5.41, 5.74) is 4.73. The Kier molecular flexibility index (Phi) is 4.95. The van der Waals surface area contributed by atoms with Gasteiger partial charge >= 0.3 is 0 Å². The minimum Gasteiger partial charge on any atom is -0.325 e. The molecule has 0 atom stereocenters. The lowest BCUT2D eigenvalue weighted by atomic mass is 10.0. The molecule has 0 saturated heterocycles. The van der Waals surface area contributed by atoms with Gasteiger partial charge in [-0.1, -0.05) is 11.6 Å². The number of aromatic nitrogens is 1. The van der Waals surface area contributed by atoms with E-state index in [-0.39, 0.29) is 23.8 Å². The van der Waals surface area contributed by atoms with E-state index in [0.717, 1.165) is 27.6 Å². The first-order chi connectivity index (χ1) is 12.8. The second-order valence-electron chi connectivity index (χ2n) is 6.91. The number of nitrogens with one attached hydrogen (secondary N) is 1. The zero-order valence-corrected chi connectivity index (χ0v) is 15.9. The predicted octanol–water partition coefficient (Wildman–Crippen LogP) is 3.77. The molecule has 1 aromatic heterocycles. The van der Waals surface area contributed by atoms with Crippen LogP contribution < -0.4 is 10.9 Å². The van der Waals surface area contributed by atoms with Crippen LogP contribution in [0.25, 0.3) is 10.9 Å². The van der Waals surface area contributed by atoms with E-state index in [4.69, 9.17) is 0 Å². The zero-order chi connectivity index (χ0) is 19.7. The van der Waals surface area contributed by atoms with Crippen molar-refractivity contribution in [1.82, 2.24) is 4.57 Å². The van der Waals surface area contributed by atoms with Crippen molar-refractivity contribution in [3.8, 4) is 0 Å². The average Bonchev–Trinajstić information content (AvgIpc) is 2.59. The van der Waals surface area contributed by atoms with Crippen LogP contribution in [0.5, 0.6) is 0 Å². The molecule has 5 nitrogen and oxygen atoms in total. The van der Waals surface area contributed by atoms with E-state index in [2.05, 4.69) is 5.32 Å². The molecule has 0 spiro atoms. The van der Waals surface area contributed by atoms with Gasteiger partial charge in [-0.15, -0.1) is 0 Å². The molecule has 0 fully saturated rings. The lowest BCUT2D eigenvalue weighted by molar-refractivity contribution is -0.116. The zero-order valence-electron chi connectivity index (χ0n) is 15.9. The number of anilines is 1. The van der Waals surface area contributed by atoms with E-state index in [0.29, 0.717) is 11.3 Å². The average molecular weight is 362 g/mol. The van der Waals surface area contributed by atoms with E-state index >= 15 is 0 Å². The lowest BCUT2D eigenvalue weighted by Gasteiger charge is -2.15. The molecule has 0 unspecified atom stereocenters. The van der Waals surface area contributed by atoms with Gasteiger partial charge in [-0.3, -0.25) is 19.0 Å². The lowest BCUT2D eigenvalue weighted by Crippen LogP contribution is -2.28. The predicted molar refractivity (Wildman–Crippen MR) is 107 cm³/mol. The Hall–Kier alpha value is -3.21.